The predicted octanol–water partition coefficient (Wildman–Crippen LogP) is -4.17. The Kier molecular flexibility index (Phi) is 6.07. The van der Waals surface area contributed by atoms with Crippen LogP contribution in [0, 0.1) is 0 Å². The number of rotatable bonds is 5. The van der Waals surface area contributed by atoms with Crippen molar-refractivity contribution in [1.29, 1.82) is 0 Å². The van der Waals surface area contributed by atoms with E-state index >= 15 is 0 Å². The van der Waals surface area contributed by atoms with Gasteiger partial charge in [0, 0.05) is 13.7 Å². The molecule has 0 bridgehead atoms. The van der Waals surface area contributed by atoms with Crippen LogP contribution in [-0.4, -0.2) is 95.9 Å². The van der Waals surface area contributed by atoms with Crippen molar-refractivity contribution in [2.45, 2.75) is 55.2 Å². The first kappa shape index (κ1) is 17.9. The Labute approximate surface area is 127 Å². The first-order chi connectivity index (χ1) is 10.4. The molecule has 0 amide bonds. The highest BCUT2D eigenvalue weighted by Crippen LogP contribution is 2.29. The standard InChI is InChI=1S/C12H24N2O8/c1-19-12-9(18)10(5(3-15)21-12)22-11-6(14)8(17)7(16)4(2-13)20-11/h4-12,15-18H,2-3,13-14H2,1H3/t4-,5+,6+,7+,8+,9+,10+,11+,12-/m0/s1. The van der Waals surface area contributed by atoms with Crippen molar-refractivity contribution in [2.75, 3.05) is 20.3 Å². The molecule has 0 radical (unpaired) electrons. The molecule has 2 saturated heterocycles. The molecular formula is C12H24N2O8. The van der Waals surface area contributed by atoms with E-state index in [1.54, 1.807) is 0 Å². The minimum atomic E-state index is -1.29. The molecule has 9 atom stereocenters. The molecule has 0 aliphatic carbocycles. The molecule has 0 aromatic heterocycles. The highest BCUT2D eigenvalue weighted by Gasteiger charge is 2.49. The fourth-order valence-electron chi connectivity index (χ4n) is 2.64. The highest BCUT2D eigenvalue weighted by molar-refractivity contribution is 4.94. The van der Waals surface area contributed by atoms with Gasteiger partial charge in [0.25, 0.3) is 0 Å². The Morgan fingerprint density at radius 2 is 1.64 bits per heavy atom. The van der Waals surface area contributed by atoms with Gasteiger partial charge in [-0.3, -0.25) is 0 Å². The monoisotopic (exact) mass is 324 g/mol. The normalized spacial score (nSPS) is 49.5. The van der Waals surface area contributed by atoms with Gasteiger partial charge >= 0.3 is 0 Å². The van der Waals surface area contributed by atoms with Crippen molar-refractivity contribution in [3.05, 3.63) is 0 Å². The largest absolute Gasteiger partial charge is 0.394 e. The maximum Gasteiger partial charge on any atom is 0.186 e. The lowest BCUT2D eigenvalue weighted by atomic mass is 9.97. The number of aliphatic hydroxyl groups is 4. The molecule has 130 valence electrons. The van der Waals surface area contributed by atoms with E-state index in [-0.39, 0.29) is 6.54 Å². The lowest BCUT2D eigenvalue weighted by molar-refractivity contribution is -0.280. The van der Waals surface area contributed by atoms with Gasteiger partial charge in [0.15, 0.2) is 12.6 Å². The van der Waals surface area contributed by atoms with Crippen molar-refractivity contribution in [3.8, 4) is 0 Å². The Morgan fingerprint density at radius 1 is 1.00 bits per heavy atom. The van der Waals surface area contributed by atoms with Gasteiger partial charge in [0.05, 0.1) is 12.6 Å². The maximum atomic E-state index is 10.1. The zero-order chi connectivity index (χ0) is 16.4. The Hall–Kier alpha value is -0.400. The van der Waals surface area contributed by atoms with Gasteiger partial charge < -0.3 is 50.8 Å². The van der Waals surface area contributed by atoms with E-state index in [0.29, 0.717) is 0 Å². The second-order valence-electron chi connectivity index (χ2n) is 5.39. The fourth-order valence-corrected chi connectivity index (χ4v) is 2.64. The minimum absolute atomic E-state index is 0.0430. The van der Waals surface area contributed by atoms with Crippen LogP contribution in [0.2, 0.25) is 0 Å². The van der Waals surface area contributed by atoms with Gasteiger partial charge in [-0.25, -0.2) is 0 Å². The number of hydrogen-bond donors (Lipinski definition) is 6. The van der Waals surface area contributed by atoms with Gasteiger partial charge in [-0.15, -0.1) is 0 Å². The topological polar surface area (TPSA) is 170 Å². The Balaban J connectivity index is 2.07. The first-order valence-electron chi connectivity index (χ1n) is 7.04. The summed E-state index contributed by atoms with van der Waals surface area (Å²) < 4.78 is 21.2. The lowest BCUT2D eigenvalue weighted by Gasteiger charge is -2.42. The summed E-state index contributed by atoms with van der Waals surface area (Å²) in [5.41, 5.74) is 11.3. The molecule has 10 heteroatoms. The van der Waals surface area contributed by atoms with Crippen LogP contribution in [0.4, 0.5) is 0 Å². The molecule has 2 fully saturated rings. The van der Waals surface area contributed by atoms with Gasteiger partial charge in [-0.1, -0.05) is 0 Å². The van der Waals surface area contributed by atoms with Crippen LogP contribution in [0.3, 0.4) is 0 Å². The number of aliphatic hydroxyl groups excluding tert-OH is 4. The highest BCUT2D eigenvalue weighted by atomic mass is 16.7. The number of methoxy groups -OCH3 is 1. The van der Waals surface area contributed by atoms with Crippen LogP contribution in [0.25, 0.3) is 0 Å². The van der Waals surface area contributed by atoms with Gasteiger partial charge in [0.1, 0.15) is 36.6 Å². The maximum absolute atomic E-state index is 10.1. The minimum Gasteiger partial charge on any atom is -0.394 e. The van der Waals surface area contributed by atoms with E-state index in [9.17, 15) is 20.4 Å². The third-order valence-corrected chi connectivity index (χ3v) is 3.97. The molecule has 22 heavy (non-hydrogen) atoms. The van der Waals surface area contributed by atoms with E-state index in [1.807, 2.05) is 0 Å². The molecule has 2 aliphatic rings. The van der Waals surface area contributed by atoms with Crippen LogP contribution in [0.15, 0.2) is 0 Å². The van der Waals surface area contributed by atoms with Crippen LogP contribution < -0.4 is 11.5 Å². The molecule has 10 nitrogen and oxygen atoms in total. The van der Waals surface area contributed by atoms with Gasteiger partial charge in [-0.05, 0) is 0 Å². The third kappa shape index (κ3) is 3.26. The summed E-state index contributed by atoms with van der Waals surface area (Å²) in [6.07, 6.45) is -8.43. The fraction of sp³-hybridized carbons (Fsp3) is 1.00. The summed E-state index contributed by atoms with van der Waals surface area (Å²) in [5, 5.41) is 39.1. The van der Waals surface area contributed by atoms with Crippen molar-refractivity contribution < 1.29 is 39.4 Å². The van der Waals surface area contributed by atoms with E-state index in [0.717, 1.165) is 0 Å². The Morgan fingerprint density at radius 3 is 2.18 bits per heavy atom. The summed E-state index contributed by atoms with van der Waals surface area (Å²) in [6.45, 7) is -0.451. The molecule has 0 unspecified atom stereocenters. The van der Waals surface area contributed by atoms with E-state index in [4.69, 9.17) is 30.4 Å². The molecular weight excluding hydrogens is 300 g/mol. The van der Waals surface area contributed by atoms with E-state index in [2.05, 4.69) is 0 Å². The predicted molar refractivity (Wildman–Crippen MR) is 71.3 cm³/mol. The molecule has 0 aromatic carbocycles. The van der Waals surface area contributed by atoms with Crippen molar-refractivity contribution >= 4 is 0 Å². The number of ether oxygens (including phenoxy) is 4. The summed E-state index contributed by atoms with van der Waals surface area (Å²) >= 11 is 0. The second kappa shape index (κ2) is 7.45. The van der Waals surface area contributed by atoms with Crippen LogP contribution in [0.5, 0.6) is 0 Å². The van der Waals surface area contributed by atoms with Crippen molar-refractivity contribution in [1.82, 2.24) is 0 Å². The molecule has 2 aliphatic heterocycles. The number of hydrogen-bond acceptors (Lipinski definition) is 10. The van der Waals surface area contributed by atoms with E-state index in [1.165, 1.54) is 7.11 Å². The number of nitrogens with two attached hydrogens (primary N) is 2. The van der Waals surface area contributed by atoms with Crippen molar-refractivity contribution in [2.24, 2.45) is 11.5 Å². The van der Waals surface area contributed by atoms with Crippen LogP contribution in [0.1, 0.15) is 0 Å². The summed E-state index contributed by atoms with van der Waals surface area (Å²) in [7, 11) is 1.35. The summed E-state index contributed by atoms with van der Waals surface area (Å²) in [5.74, 6) is 0. The van der Waals surface area contributed by atoms with Gasteiger partial charge in [-0.2, -0.15) is 0 Å². The zero-order valence-electron chi connectivity index (χ0n) is 12.2. The third-order valence-electron chi connectivity index (χ3n) is 3.97. The molecule has 0 spiro atoms. The second-order valence-corrected chi connectivity index (χ2v) is 5.39. The lowest BCUT2D eigenvalue weighted by Crippen LogP contribution is -2.64. The molecule has 0 saturated carbocycles. The average molecular weight is 324 g/mol. The molecule has 0 aromatic rings. The zero-order valence-corrected chi connectivity index (χ0v) is 12.2. The smallest absolute Gasteiger partial charge is 0.186 e. The van der Waals surface area contributed by atoms with Crippen molar-refractivity contribution in [3.63, 3.8) is 0 Å². The van der Waals surface area contributed by atoms with E-state index < -0.39 is 61.9 Å². The molecule has 2 heterocycles. The molecule has 2 rings (SSSR count). The summed E-state index contributed by atoms with van der Waals surface area (Å²) in [4.78, 5) is 0. The SMILES string of the molecule is CO[C@H]1O[C@H](CO)[C@@H](O[C@H]2O[C@@H](CN)[C@@H](O)[C@H](O)[C@H]2N)[C@H]1O. The quantitative estimate of drug-likeness (QED) is 0.291. The average Bonchev–Trinajstić information content (AvgIpc) is 2.83. The summed E-state index contributed by atoms with van der Waals surface area (Å²) in [6, 6.07) is -1.05. The molecule has 8 N–H and O–H groups in total. The van der Waals surface area contributed by atoms with Crippen LogP contribution >= 0.6 is 0 Å². The first-order valence-corrected chi connectivity index (χ1v) is 7.04. The van der Waals surface area contributed by atoms with Crippen LogP contribution in [-0.2, 0) is 18.9 Å². The van der Waals surface area contributed by atoms with Gasteiger partial charge in [0.2, 0.25) is 0 Å². The Bertz CT molecular complexity index is 358.